The van der Waals surface area contributed by atoms with Gasteiger partial charge in [-0.25, -0.2) is 4.39 Å². The van der Waals surface area contributed by atoms with E-state index in [9.17, 15) is 23.9 Å². The van der Waals surface area contributed by atoms with Crippen molar-refractivity contribution in [2.45, 2.75) is 38.8 Å². The van der Waals surface area contributed by atoms with E-state index in [1.54, 1.807) is 0 Å². The topological polar surface area (TPSA) is 152 Å². The standard InChI is InChI=1S/C24H26FN5O4S/c1-4-24(2,3)28-22(33)19(13-5-11-16(31)12-6-13)30(15-9-7-14(25)8-10-15)23(34)20-17(26)18(21(27)32)29-35-20/h5-12,19,31H,4,26H2,1-3H3,(H2,27,32)(H,28,33)/t19-/m1/s1. The second kappa shape index (κ2) is 10.1. The molecule has 184 valence electrons. The summed E-state index contributed by atoms with van der Waals surface area (Å²) in [6.45, 7) is 5.58. The summed E-state index contributed by atoms with van der Waals surface area (Å²) in [5.41, 5.74) is 10.8. The molecule has 0 bridgehead atoms. The van der Waals surface area contributed by atoms with Crippen LogP contribution >= 0.6 is 11.5 Å². The SMILES string of the molecule is CCC(C)(C)NC(=O)[C@@H](c1ccc(O)cc1)N(C(=O)c1snc(C(N)=O)c1N)c1ccc(F)cc1. The lowest BCUT2D eigenvalue weighted by atomic mass is 9.98. The number of aromatic nitrogens is 1. The Kier molecular flexibility index (Phi) is 7.39. The van der Waals surface area contributed by atoms with Gasteiger partial charge in [0.05, 0.1) is 5.69 Å². The van der Waals surface area contributed by atoms with Crippen molar-refractivity contribution in [1.82, 2.24) is 9.69 Å². The van der Waals surface area contributed by atoms with Gasteiger partial charge in [-0.05, 0) is 73.8 Å². The number of primary amides is 1. The third-order valence-electron chi connectivity index (χ3n) is 5.54. The Labute approximate surface area is 205 Å². The van der Waals surface area contributed by atoms with Gasteiger partial charge < -0.3 is 21.9 Å². The number of rotatable bonds is 8. The number of hydrogen-bond donors (Lipinski definition) is 4. The number of nitrogen functional groups attached to an aromatic ring is 1. The summed E-state index contributed by atoms with van der Waals surface area (Å²) < 4.78 is 17.6. The van der Waals surface area contributed by atoms with Gasteiger partial charge >= 0.3 is 0 Å². The summed E-state index contributed by atoms with van der Waals surface area (Å²) in [7, 11) is 0. The quantitative estimate of drug-likeness (QED) is 0.373. The highest BCUT2D eigenvalue weighted by Gasteiger charge is 2.37. The number of hydrogen-bond acceptors (Lipinski definition) is 7. The first-order chi connectivity index (χ1) is 16.4. The Morgan fingerprint density at radius 3 is 2.26 bits per heavy atom. The van der Waals surface area contributed by atoms with Crippen LogP contribution in [0.2, 0.25) is 0 Å². The number of benzene rings is 2. The maximum Gasteiger partial charge on any atom is 0.273 e. The maximum atomic E-state index is 13.8. The van der Waals surface area contributed by atoms with Gasteiger partial charge in [-0.15, -0.1) is 0 Å². The van der Waals surface area contributed by atoms with Crippen LogP contribution in [0.25, 0.3) is 0 Å². The van der Waals surface area contributed by atoms with Crippen LogP contribution in [0, 0.1) is 5.82 Å². The molecule has 0 aliphatic rings. The van der Waals surface area contributed by atoms with E-state index < -0.39 is 35.1 Å². The van der Waals surface area contributed by atoms with Crippen molar-refractivity contribution >= 4 is 40.6 Å². The predicted octanol–water partition coefficient (Wildman–Crippen LogP) is 3.36. The lowest BCUT2D eigenvalue weighted by molar-refractivity contribution is -0.124. The minimum atomic E-state index is -1.24. The van der Waals surface area contributed by atoms with Gasteiger partial charge in [0.25, 0.3) is 11.8 Å². The largest absolute Gasteiger partial charge is 0.508 e. The summed E-state index contributed by atoms with van der Waals surface area (Å²) in [6, 6.07) is 9.57. The zero-order valence-corrected chi connectivity index (χ0v) is 20.2. The number of phenols is 1. The summed E-state index contributed by atoms with van der Waals surface area (Å²) in [6.07, 6.45) is 0.606. The van der Waals surface area contributed by atoms with Crippen LogP contribution in [0.5, 0.6) is 5.75 Å². The molecule has 11 heteroatoms. The minimum absolute atomic E-state index is 0.0285. The van der Waals surface area contributed by atoms with Gasteiger partial charge in [0.2, 0.25) is 5.91 Å². The molecule has 3 rings (SSSR count). The molecule has 9 nitrogen and oxygen atoms in total. The Bertz CT molecular complexity index is 1240. The second-order valence-corrected chi connectivity index (χ2v) is 9.28. The third kappa shape index (κ3) is 5.57. The van der Waals surface area contributed by atoms with Crippen molar-refractivity contribution in [3.63, 3.8) is 0 Å². The summed E-state index contributed by atoms with van der Waals surface area (Å²) in [4.78, 5) is 40.2. The average Bonchev–Trinajstić information content (AvgIpc) is 3.20. The summed E-state index contributed by atoms with van der Waals surface area (Å²) in [5.74, 6) is -2.71. The molecule has 3 aromatic rings. The Morgan fingerprint density at radius 2 is 1.74 bits per heavy atom. The molecule has 0 aliphatic heterocycles. The number of nitrogens with one attached hydrogen (secondary N) is 1. The summed E-state index contributed by atoms with van der Waals surface area (Å²) in [5, 5.41) is 12.7. The smallest absolute Gasteiger partial charge is 0.273 e. The molecule has 1 aromatic heterocycles. The van der Waals surface area contributed by atoms with E-state index in [0.29, 0.717) is 23.5 Å². The number of nitrogens with zero attached hydrogens (tertiary/aromatic N) is 2. The number of carbonyl (C=O) groups is 3. The highest BCUT2D eigenvalue weighted by atomic mass is 32.1. The van der Waals surface area contributed by atoms with Crippen LogP contribution in [0.15, 0.2) is 48.5 Å². The van der Waals surface area contributed by atoms with E-state index >= 15 is 0 Å². The fraction of sp³-hybridized carbons (Fsp3) is 0.250. The predicted molar refractivity (Wildman–Crippen MR) is 132 cm³/mol. The Balaban J connectivity index is 2.22. The molecular formula is C24H26FN5O4S. The van der Waals surface area contributed by atoms with E-state index in [0.717, 1.165) is 17.0 Å². The van der Waals surface area contributed by atoms with E-state index in [4.69, 9.17) is 11.5 Å². The van der Waals surface area contributed by atoms with Gasteiger partial charge in [-0.3, -0.25) is 19.3 Å². The van der Waals surface area contributed by atoms with E-state index in [-0.39, 0.29) is 27.7 Å². The van der Waals surface area contributed by atoms with Crippen molar-refractivity contribution in [2.24, 2.45) is 5.73 Å². The molecule has 0 radical (unpaired) electrons. The normalized spacial score (nSPS) is 12.1. The first-order valence-corrected chi connectivity index (χ1v) is 11.5. The molecule has 2 aromatic carbocycles. The molecule has 0 saturated carbocycles. The monoisotopic (exact) mass is 499 g/mol. The molecule has 1 atom stereocenters. The number of aromatic hydroxyl groups is 1. The molecular weight excluding hydrogens is 473 g/mol. The number of nitrogens with two attached hydrogens (primary N) is 2. The van der Waals surface area contributed by atoms with Crippen LogP contribution in [0.1, 0.15) is 59.0 Å². The molecule has 3 amide bonds. The third-order valence-corrected chi connectivity index (χ3v) is 6.39. The summed E-state index contributed by atoms with van der Waals surface area (Å²) >= 11 is 0.670. The molecule has 1 heterocycles. The van der Waals surface area contributed by atoms with Crippen molar-refractivity contribution < 1.29 is 23.9 Å². The highest BCUT2D eigenvalue weighted by Crippen LogP contribution is 2.34. The van der Waals surface area contributed by atoms with Crippen LogP contribution in [0.3, 0.4) is 0 Å². The first-order valence-electron chi connectivity index (χ1n) is 10.7. The van der Waals surface area contributed by atoms with Crippen LogP contribution in [-0.2, 0) is 4.79 Å². The molecule has 6 N–H and O–H groups in total. The molecule has 0 unspecified atom stereocenters. The first kappa shape index (κ1) is 25.6. The number of phenolic OH excluding ortho intramolecular Hbond substituents is 1. The van der Waals surface area contributed by atoms with E-state index in [1.807, 2.05) is 20.8 Å². The number of anilines is 2. The van der Waals surface area contributed by atoms with Gasteiger partial charge in [-0.1, -0.05) is 19.1 Å². The average molecular weight is 500 g/mol. The lowest BCUT2D eigenvalue weighted by Gasteiger charge is -2.34. The number of amides is 3. The molecule has 0 aliphatic carbocycles. The highest BCUT2D eigenvalue weighted by molar-refractivity contribution is 7.09. The van der Waals surface area contributed by atoms with Crippen molar-refractivity contribution in [1.29, 1.82) is 0 Å². The number of carbonyl (C=O) groups excluding carboxylic acids is 3. The van der Waals surface area contributed by atoms with Crippen LogP contribution in [0.4, 0.5) is 15.8 Å². The van der Waals surface area contributed by atoms with Crippen molar-refractivity contribution in [3.8, 4) is 5.75 Å². The van der Waals surface area contributed by atoms with Crippen LogP contribution in [-0.4, -0.2) is 32.7 Å². The Hall–Kier alpha value is -3.99. The molecule has 0 fully saturated rings. The van der Waals surface area contributed by atoms with Crippen LogP contribution < -0.4 is 21.7 Å². The zero-order chi connectivity index (χ0) is 25.9. The van der Waals surface area contributed by atoms with Crippen molar-refractivity contribution in [2.75, 3.05) is 10.6 Å². The molecule has 0 spiro atoms. The maximum absolute atomic E-state index is 13.8. The lowest BCUT2D eigenvalue weighted by Crippen LogP contribution is -2.50. The minimum Gasteiger partial charge on any atom is -0.508 e. The number of halogens is 1. The zero-order valence-electron chi connectivity index (χ0n) is 19.4. The second-order valence-electron chi connectivity index (χ2n) is 8.51. The molecule has 35 heavy (non-hydrogen) atoms. The molecule has 0 saturated heterocycles. The van der Waals surface area contributed by atoms with Gasteiger partial charge in [-0.2, -0.15) is 4.37 Å². The van der Waals surface area contributed by atoms with Crippen molar-refractivity contribution in [3.05, 3.63) is 70.5 Å². The fourth-order valence-corrected chi connectivity index (χ4v) is 4.03. The van der Waals surface area contributed by atoms with E-state index in [2.05, 4.69) is 9.69 Å². The fourth-order valence-electron chi connectivity index (χ4n) is 3.29. The van der Waals surface area contributed by atoms with Gasteiger partial charge in [0, 0.05) is 11.2 Å². The van der Waals surface area contributed by atoms with E-state index in [1.165, 1.54) is 36.4 Å². The van der Waals surface area contributed by atoms with Gasteiger partial charge in [0.1, 0.15) is 22.5 Å². The van der Waals surface area contributed by atoms with Gasteiger partial charge in [0.15, 0.2) is 5.69 Å². The Morgan fingerprint density at radius 1 is 1.14 bits per heavy atom.